The maximum absolute atomic E-state index is 12.2. The van der Waals surface area contributed by atoms with E-state index in [1.165, 1.54) is 0 Å². The molecule has 0 unspecified atom stereocenters. The van der Waals surface area contributed by atoms with Gasteiger partial charge in [0.25, 0.3) is 11.6 Å². The van der Waals surface area contributed by atoms with Crippen LogP contribution in [0.5, 0.6) is 0 Å². The molecule has 2 aromatic heterocycles. The number of carbonyl (C=O) groups excluding carboxylic acids is 2. The van der Waals surface area contributed by atoms with E-state index in [1.54, 1.807) is 45.0 Å². The van der Waals surface area contributed by atoms with Crippen molar-refractivity contribution >= 4 is 18.5 Å². The second-order valence-corrected chi connectivity index (χ2v) is 13.4. The molecule has 0 fully saturated rings. The third-order valence-corrected chi connectivity index (χ3v) is 8.62. The molecular weight excluding hydrogens is 770 g/mol. The number of imidazole rings is 1. The number of carbonyl (C=O) groups is 2. The van der Waals surface area contributed by atoms with Crippen molar-refractivity contribution in [3.8, 4) is 11.1 Å². The molecule has 5 N–H and O–H groups in total. The average molecular weight is 818 g/mol. The minimum absolute atomic E-state index is 0.0684. The number of aliphatic hydroxyl groups is 1. The zero-order valence-electron chi connectivity index (χ0n) is 33.3. The molecule has 0 atom stereocenters. The van der Waals surface area contributed by atoms with E-state index in [4.69, 9.17) is 26.0 Å². The first kappa shape index (κ1) is 44.7. The molecule has 19 heteroatoms. The van der Waals surface area contributed by atoms with Crippen molar-refractivity contribution in [2.75, 3.05) is 6.73 Å². The molecular formula is C40H47N7O12. The molecule has 5 rings (SSSR count). The molecule has 5 aromatic rings. The standard InChI is InChI=1S/C34H41N7O7.C6H6O5/c1-5-10-30-37-31(34(3,4)43)23(2)39(30)19-24-15-17-25(18-16-24)28-13-8-9-14-29(28)32(35)38-40(36)22-47-33(42)46-20-26-11-6-7-12-27(26)21-48-41(44)45;1-4-5(2-9-3-7)11-6(8)10-4/h6-9,11-18,43H,5,10,19-22,36H2,1-4H3,(H2,35,38);3H,2H2,1H3. The summed E-state index contributed by atoms with van der Waals surface area (Å²) in [6, 6.07) is 22.2. The lowest BCUT2D eigenvalue weighted by Gasteiger charge is -2.16. The van der Waals surface area contributed by atoms with Crippen LogP contribution in [-0.2, 0) is 62.2 Å². The van der Waals surface area contributed by atoms with Gasteiger partial charge in [0.1, 0.15) is 24.6 Å². The number of hydrazone groups is 1. The quantitative estimate of drug-likeness (QED) is 0.0151. The molecule has 0 bridgehead atoms. The summed E-state index contributed by atoms with van der Waals surface area (Å²) < 4.78 is 25.7. The smallest absolute Gasteiger partial charge is 0.460 e. The highest BCUT2D eigenvalue weighted by Crippen LogP contribution is 2.27. The lowest BCUT2D eigenvalue weighted by molar-refractivity contribution is -0.763. The predicted octanol–water partition coefficient (Wildman–Crippen LogP) is 5.12. The monoisotopic (exact) mass is 817 g/mol. The topological polar surface area (TPSA) is 263 Å². The van der Waals surface area contributed by atoms with E-state index < -0.39 is 29.4 Å². The number of hydrazine groups is 1. The summed E-state index contributed by atoms with van der Waals surface area (Å²) >= 11 is 0. The molecule has 0 amide bonds. The fraction of sp³-hybridized carbons (Fsp3) is 0.325. The zero-order valence-corrected chi connectivity index (χ0v) is 33.3. The Morgan fingerprint density at radius 1 is 1.02 bits per heavy atom. The number of benzene rings is 3. The summed E-state index contributed by atoms with van der Waals surface area (Å²) in [4.78, 5) is 52.0. The Balaban J connectivity index is 0.000000603. The van der Waals surface area contributed by atoms with Crippen molar-refractivity contribution in [3.63, 3.8) is 0 Å². The summed E-state index contributed by atoms with van der Waals surface area (Å²) in [6.07, 6.45) is 0.731. The highest BCUT2D eigenvalue weighted by molar-refractivity contribution is 6.03. The Hall–Kier alpha value is -6.99. The maximum atomic E-state index is 12.2. The summed E-state index contributed by atoms with van der Waals surface area (Å²) in [5.74, 6) is 6.78. The maximum Gasteiger partial charge on any atom is 0.519 e. The Morgan fingerprint density at radius 2 is 1.68 bits per heavy atom. The van der Waals surface area contributed by atoms with Crippen molar-refractivity contribution in [3.05, 3.63) is 145 Å². The number of hydrogen-bond acceptors (Lipinski definition) is 16. The molecule has 0 radical (unpaired) electrons. The van der Waals surface area contributed by atoms with Gasteiger partial charge in [0, 0.05) is 24.2 Å². The van der Waals surface area contributed by atoms with E-state index in [2.05, 4.69) is 35.0 Å². The molecule has 2 heterocycles. The summed E-state index contributed by atoms with van der Waals surface area (Å²) in [7, 11) is 0. The van der Waals surface area contributed by atoms with Crippen molar-refractivity contribution in [2.24, 2.45) is 16.7 Å². The van der Waals surface area contributed by atoms with Gasteiger partial charge >= 0.3 is 12.0 Å². The highest BCUT2D eigenvalue weighted by Gasteiger charge is 2.25. The first-order valence-electron chi connectivity index (χ1n) is 18.2. The van der Waals surface area contributed by atoms with Gasteiger partial charge in [-0.15, -0.1) is 15.2 Å². The third-order valence-electron chi connectivity index (χ3n) is 8.62. The summed E-state index contributed by atoms with van der Waals surface area (Å²) in [5, 5.41) is 25.3. The molecule has 0 spiro atoms. The number of nitrogens with zero attached hydrogens (tertiary/aromatic N) is 5. The van der Waals surface area contributed by atoms with E-state index in [-0.39, 0.29) is 37.9 Å². The van der Waals surface area contributed by atoms with Crippen LogP contribution in [0.2, 0.25) is 0 Å². The van der Waals surface area contributed by atoms with Crippen LogP contribution in [0.1, 0.15) is 78.2 Å². The number of aryl methyl sites for hydroxylation is 2. The number of aromatic nitrogens is 2. The summed E-state index contributed by atoms with van der Waals surface area (Å²) in [6.45, 7) is 9.03. The van der Waals surface area contributed by atoms with E-state index in [0.29, 0.717) is 34.7 Å². The van der Waals surface area contributed by atoms with Gasteiger partial charge in [-0.25, -0.2) is 20.4 Å². The van der Waals surface area contributed by atoms with Gasteiger partial charge in [-0.1, -0.05) is 79.7 Å². The molecule has 0 saturated heterocycles. The SMILES string of the molecule is CCCc1nc(C(C)(C)O)c(C)n1Cc1ccc(-c2ccccc2/C(N)=N/N(N)COC(=O)OCc2ccccc2CO[N+](=O)[O-])cc1.Cc1oc(=O)oc1COC=O. The lowest BCUT2D eigenvalue weighted by Crippen LogP contribution is -2.33. The number of rotatable bonds is 18. The molecule has 19 nitrogen and oxygen atoms in total. The molecule has 0 aliphatic rings. The molecule has 314 valence electrons. The molecule has 0 aliphatic carbocycles. The number of hydrogen-bond donors (Lipinski definition) is 3. The van der Waals surface area contributed by atoms with Crippen LogP contribution >= 0.6 is 0 Å². The number of nitrogens with two attached hydrogens (primary N) is 2. The van der Waals surface area contributed by atoms with E-state index in [0.717, 1.165) is 46.2 Å². The first-order chi connectivity index (χ1) is 28.1. The molecule has 59 heavy (non-hydrogen) atoms. The van der Waals surface area contributed by atoms with Crippen LogP contribution in [0.25, 0.3) is 11.1 Å². The number of ether oxygens (including phenoxy) is 3. The van der Waals surface area contributed by atoms with Gasteiger partial charge in [-0.3, -0.25) is 4.79 Å². The van der Waals surface area contributed by atoms with Crippen molar-refractivity contribution < 1.29 is 47.7 Å². The largest absolute Gasteiger partial charge is 0.519 e. The van der Waals surface area contributed by atoms with Gasteiger partial charge < -0.3 is 43.3 Å². The van der Waals surface area contributed by atoms with Crippen molar-refractivity contribution in [1.29, 1.82) is 0 Å². The van der Waals surface area contributed by atoms with Crippen LogP contribution in [0.15, 0.2) is 91.5 Å². The second-order valence-electron chi connectivity index (χ2n) is 13.4. The predicted molar refractivity (Wildman–Crippen MR) is 211 cm³/mol. The molecule has 3 aromatic carbocycles. The van der Waals surface area contributed by atoms with Crippen LogP contribution < -0.4 is 17.4 Å². The Morgan fingerprint density at radius 3 is 2.29 bits per heavy atom. The van der Waals surface area contributed by atoms with Gasteiger partial charge in [-0.05, 0) is 61.9 Å². The fourth-order valence-corrected chi connectivity index (χ4v) is 5.82. The Bertz CT molecular complexity index is 2270. The minimum atomic E-state index is -1.03. The minimum Gasteiger partial charge on any atom is -0.460 e. The van der Waals surface area contributed by atoms with Crippen molar-refractivity contribution in [1.82, 2.24) is 14.7 Å². The van der Waals surface area contributed by atoms with Crippen LogP contribution in [0, 0.1) is 24.0 Å². The van der Waals surface area contributed by atoms with Gasteiger partial charge in [-0.2, -0.15) is 5.12 Å². The Labute approximate surface area is 338 Å². The van der Waals surface area contributed by atoms with Crippen LogP contribution in [0.4, 0.5) is 4.79 Å². The normalized spacial score (nSPS) is 11.3. The van der Waals surface area contributed by atoms with Gasteiger partial charge in [0.05, 0.1) is 5.69 Å². The Kier molecular flexibility index (Phi) is 15.9. The molecule has 0 saturated carbocycles. The van der Waals surface area contributed by atoms with E-state index in [9.17, 15) is 29.6 Å². The van der Waals surface area contributed by atoms with Gasteiger partial charge in [0.15, 0.2) is 30.7 Å². The number of amidine groups is 1. The van der Waals surface area contributed by atoms with Crippen LogP contribution in [-0.4, -0.2) is 50.1 Å². The average Bonchev–Trinajstić information content (AvgIpc) is 3.70. The van der Waals surface area contributed by atoms with E-state index >= 15 is 0 Å². The zero-order chi connectivity index (χ0) is 43.1. The highest BCUT2D eigenvalue weighted by atomic mass is 16.9. The van der Waals surface area contributed by atoms with Gasteiger partial charge in [0.2, 0.25) is 0 Å². The first-order valence-corrected chi connectivity index (χ1v) is 18.2. The van der Waals surface area contributed by atoms with Crippen LogP contribution in [0.3, 0.4) is 0 Å². The van der Waals surface area contributed by atoms with E-state index in [1.807, 2.05) is 55.5 Å². The third kappa shape index (κ3) is 13.0. The lowest BCUT2D eigenvalue weighted by atomic mass is 9.98. The summed E-state index contributed by atoms with van der Waals surface area (Å²) in [5.41, 5.74) is 11.4. The fourth-order valence-electron chi connectivity index (χ4n) is 5.82. The van der Waals surface area contributed by atoms with Crippen molar-refractivity contribution in [2.45, 2.75) is 79.4 Å². The second kappa shape index (κ2) is 21.0. The molecule has 0 aliphatic heterocycles.